The van der Waals surface area contributed by atoms with Crippen molar-refractivity contribution in [2.75, 3.05) is 26.7 Å². The number of hydrogen-bond acceptors (Lipinski definition) is 4. The first-order chi connectivity index (χ1) is 14.6. The lowest BCUT2D eigenvalue weighted by molar-refractivity contribution is 0.00928. The number of likely N-dealkylation sites (tertiary alicyclic amines) is 1. The molecule has 0 bridgehead atoms. The summed E-state index contributed by atoms with van der Waals surface area (Å²) in [7, 11) is 3.81. The molecule has 1 aliphatic carbocycles. The van der Waals surface area contributed by atoms with Gasteiger partial charge in [-0.25, -0.2) is 4.79 Å². The zero-order chi connectivity index (χ0) is 22.8. The Hall–Kier alpha value is -1.52. The van der Waals surface area contributed by atoms with Crippen LogP contribution in [-0.4, -0.2) is 70.0 Å². The van der Waals surface area contributed by atoms with Crippen LogP contribution in [0.15, 0.2) is 4.99 Å². The quantitative estimate of drug-likeness (QED) is 0.337. The molecule has 0 aromatic carbocycles. The molecule has 9 heteroatoms. The van der Waals surface area contributed by atoms with E-state index in [-0.39, 0.29) is 36.1 Å². The number of aliphatic imine (C=N–C) groups is 1. The van der Waals surface area contributed by atoms with Gasteiger partial charge >= 0.3 is 6.09 Å². The van der Waals surface area contributed by atoms with Crippen LogP contribution in [0.3, 0.4) is 0 Å². The van der Waals surface area contributed by atoms with Gasteiger partial charge in [0.25, 0.3) is 0 Å². The van der Waals surface area contributed by atoms with Gasteiger partial charge in [-0.15, -0.1) is 24.0 Å². The molecule has 8 nitrogen and oxygen atoms in total. The molecule has 2 fully saturated rings. The fraction of sp³-hybridized carbons (Fsp3) is 0.783. The van der Waals surface area contributed by atoms with Crippen molar-refractivity contribution in [3.63, 3.8) is 0 Å². The molecule has 182 valence electrons. The Bertz CT molecular complexity index is 804. The van der Waals surface area contributed by atoms with Gasteiger partial charge in [0, 0.05) is 57.6 Å². The van der Waals surface area contributed by atoms with E-state index in [0.29, 0.717) is 12.5 Å². The van der Waals surface area contributed by atoms with Crippen LogP contribution in [0.4, 0.5) is 4.79 Å². The van der Waals surface area contributed by atoms with Gasteiger partial charge in [-0.2, -0.15) is 5.10 Å². The van der Waals surface area contributed by atoms with E-state index in [9.17, 15) is 4.79 Å². The van der Waals surface area contributed by atoms with Crippen molar-refractivity contribution in [2.24, 2.45) is 18.0 Å². The maximum absolute atomic E-state index is 12.9. The van der Waals surface area contributed by atoms with E-state index in [1.165, 1.54) is 24.1 Å². The number of rotatable bonds is 5. The van der Waals surface area contributed by atoms with E-state index in [0.717, 1.165) is 44.1 Å². The number of aromatic nitrogens is 2. The van der Waals surface area contributed by atoms with E-state index < -0.39 is 5.60 Å². The molecule has 0 atom stereocenters. The van der Waals surface area contributed by atoms with Gasteiger partial charge in [0.1, 0.15) is 5.60 Å². The number of nitrogens with zero attached hydrogens (tertiary/aromatic N) is 5. The van der Waals surface area contributed by atoms with Crippen molar-refractivity contribution in [3.8, 4) is 0 Å². The third-order valence-corrected chi connectivity index (χ3v) is 6.28. The van der Waals surface area contributed by atoms with Crippen LogP contribution in [-0.2, 0) is 18.3 Å². The zero-order valence-electron chi connectivity index (χ0n) is 20.8. The lowest BCUT2D eigenvalue weighted by Gasteiger charge is -2.40. The SMILES string of the molecule is CN=C(NCc1c(C)nn(C)c1C)N1CCC(N(CC2CC2)C(=O)OC(C)(C)C)CC1.I. The first kappa shape index (κ1) is 26.7. The lowest BCUT2D eigenvalue weighted by Crippen LogP contribution is -2.52. The summed E-state index contributed by atoms with van der Waals surface area (Å²) in [5.41, 5.74) is 2.98. The van der Waals surface area contributed by atoms with E-state index in [1.807, 2.05) is 51.4 Å². The first-order valence-electron chi connectivity index (χ1n) is 11.5. The Morgan fingerprint density at radius 2 is 1.84 bits per heavy atom. The molecule has 32 heavy (non-hydrogen) atoms. The van der Waals surface area contributed by atoms with Crippen molar-refractivity contribution in [1.82, 2.24) is 24.9 Å². The molecule has 2 aliphatic rings. The third kappa shape index (κ3) is 6.99. The largest absolute Gasteiger partial charge is 0.444 e. The predicted octanol–water partition coefficient (Wildman–Crippen LogP) is 3.84. The van der Waals surface area contributed by atoms with E-state index in [4.69, 9.17) is 4.74 Å². The van der Waals surface area contributed by atoms with Crippen LogP contribution in [0.1, 0.15) is 63.4 Å². The molecule has 0 radical (unpaired) electrons. The fourth-order valence-corrected chi connectivity index (χ4v) is 4.23. The molecular weight excluding hydrogens is 519 g/mol. The number of guanidine groups is 1. The van der Waals surface area contributed by atoms with E-state index in [2.05, 4.69) is 27.2 Å². The van der Waals surface area contributed by atoms with Crippen LogP contribution >= 0.6 is 24.0 Å². The smallest absolute Gasteiger partial charge is 0.410 e. The van der Waals surface area contributed by atoms with E-state index in [1.54, 1.807) is 0 Å². The van der Waals surface area contributed by atoms with Crippen LogP contribution < -0.4 is 5.32 Å². The first-order valence-corrected chi connectivity index (χ1v) is 11.5. The highest BCUT2D eigenvalue weighted by Crippen LogP contribution is 2.32. The number of piperidine rings is 1. The average Bonchev–Trinajstić information content (AvgIpc) is 3.48. The lowest BCUT2D eigenvalue weighted by atomic mass is 10.0. The van der Waals surface area contributed by atoms with Gasteiger partial charge in [-0.1, -0.05) is 0 Å². The minimum absolute atomic E-state index is 0. The summed E-state index contributed by atoms with van der Waals surface area (Å²) in [6, 6.07) is 0.229. The summed E-state index contributed by atoms with van der Waals surface area (Å²) >= 11 is 0. The van der Waals surface area contributed by atoms with Gasteiger partial charge in [0.15, 0.2) is 5.96 Å². The van der Waals surface area contributed by atoms with Crippen molar-refractivity contribution >= 4 is 36.0 Å². The number of amides is 1. The summed E-state index contributed by atoms with van der Waals surface area (Å²) < 4.78 is 7.64. The van der Waals surface area contributed by atoms with Crippen molar-refractivity contribution in [3.05, 3.63) is 17.0 Å². The Morgan fingerprint density at radius 3 is 2.31 bits per heavy atom. The molecule has 1 aliphatic heterocycles. The van der Waals surface area contributed by atoms with Crippen LogP contribution in [0.25, 0.3) is 0 Å². The molecular formula is C23H41IN6O2. The van der Waals surface area contributed by atoms with E-state index >= 15 is 0 Å². The van der Waals surface area contributed by atoms with Gasteiger partial charge in [0.2, 0.25) is 0 Å². The molecule has 0 unspecified atom stereocenters. The molecule has 1 saturated carbocycles. The second-order valence-electron chi connectivity index (χ2n) is 9.97. The Labute approximate surface area is 210 Å². The van der Waals surface area contributed by atoms with Gasteiger partial charge in [-0.05, 0) is 66.2 Å². The van der Waals surface area contributed by atoms with Crippen LogP contribution in [0, 0.1) is 19.8 Å². The van der Waals surface area contributed by atoms with Crippen LogP contribution in [0.2, 0.25) is 0 Å². The molecule has 1 N–H and O–H groups in total. The number of carbonyl (C=O) groups excluding carboxylic acids is 1. The Kier molecular flexibility index (Phi) is 9.25. The molecule has 3 rings (SSSR count). The summed E-state index contributed by atoms with van der Waals surface area (Å²) in [4.78, 5) is 21.7. The highest BCUT2D eigenvalue weighted by molar-refractivity contribution is 14.0. The number of aryl methyl sites for hydroxylation is 2. The van der Waals surface area contributed by atoms with Gasteiger partial charge < -0.3 is 19.9 Å². The number of halogens is 1. The Balaban J connectivity index is 0.00000363. The van der Waals surface area contributed by atoms with Gasteiger partial charge in [0.05, 0.1) is 5.69 Å². The average molecular weight is 561 g/mol. The number of ether oxygens (including phenoxy) is 1. The highest BCUT2D eigenvalue weighted by atomic mass is 127. The van der Waals surface area contributed by atoms with Crippen LogP contribution in [0.5, 0.6) is 0 Å². The fourth-order valence-electron chi connectivity index (χ4n) is 4.23. The number of nitrogens with one attached hydrogen (secondary N) is 1. The molecule has 1 aromatic rings. The summed E-state index contributed by atoms with van der Waals surface area (Å²) in [5.74, 6) is 1.55. The predicted molar refractivity (Wildman–Crippen MR) is 139 cm³/mol. The second-order valence-corrected chi connectivity index (χ2v) is 9.97. The minimum atomic E-state index is -0.464. The van der Waals surface area contributed by atoms with Crippen molar-refractivity contribution < 1.29 is 9.53 Å². The highest BCUT2D eigenvalue weighted by Gasteiger charge is 2.35. The number of carbonyl (C=O) groups is 1. The maximum Gasteiger partial charge on any atom is 0.410 e. The maximum atomic E-state index is 12.9. The molecule has 1 saturated heterocycles. The second kappa shape index (κ2) is 11.1. The monoisotopic (exact) mass is 560 g/mol. The summed E-state index contributed by atoms with van der Waals surface area (Å²) in [6.07, 6.45) is 4.14. The van der Waals surface area contributed by atoms with Crippen molar-refractivity contribution in [1.29, 1.82) is 0 Å². The third-order valence-electron chi connectivity index (χ3n) is 6.28. The molecule has 1 amide bonds. The van der Waals surface area contributed by atoms with Crippen molar-refractivity contribution in [2.45, 2.75) is 78.5 Å². The zero-order valence-corrected chi connectivity index (χ0v) is 23.1. The molecule has 0 spiro atoms. The Morgan fingerprint density at radius 1 is 1.22 bits per heavy atom. The minimum Gasteiger partial charge on any atom is -0.444 e. The topological polar surface area (TPSA) is 75.0 Å². The summed E-state index contributed by atoms with van der Waals surface area (Å²) in [6.45, 7) is 13.2. The molecule has 1 aromatic heterocycles. The number of hydrogen-bond donors (Lipinski definition) is 1. The molecule has 2 heterocycles. The normalized spacial score (nSPS) is 17.7. The summed E-state index contributed by atoms with van der Waals surface area (Å²) in [5, 5.41) is 8.01. The standard InChI is InChI=1S/C23H40N6O2.HI/c1-16-20(17(2)27(7)26-16)14-25-21(24-6)28-12-10-19(11-13-28)29(15-18-8-9-18)22(30)31-23(3,4)5;/h18-19H,8-15H2,1-7H3,(H,24,25);1H. The van der Waals surface area contributed by atoms with Gasteiger partial charge in [-0.3, -0.25) is 9.67 Å².